The highest BCUT2D eigenvalue weighted by Crippen LogP contribution is 2.47. The van der Waals surface area contributed by atoms with Crippen molar-refractivity contribution < 1.29 is 31.9 Å². The summed E-state index contributed by atoms with van der Waals surface area (Å²) in [6.07, 6.45) is -2.78. The van der Waals surface area contributed by atoms with Crippen LogP contribution in [-0.2, 0) is 40.6 Å². The quantitative estimate of drug-likeness (QED) is 0.207. The Bertz CT molecular complexity index is 1950. The molecule has 3 aliphatic rings. The molecular weight excluding hydrogens is 673 g/mol. The van der Waals surface area contributed by atoms with E-state index in [1.807, 2.05) is 37.3 Å². The molecule has 0 saturated carbocycles. The third-order valence-corrected chi connectivity index (χ3v) is 11.4. The van der Waals surface area contributed by atoms with E-state index in [-0.39, 0.29) is 21.7 Å². The van der Waals surface area contributed by atoms with Gasteiger partial charge in [0.25, 0.3) is 0 Å². The minimum absolute atomic E-state index is 0.0990. The summed E-state index contributed by atoms with van der Waals surface area (Å²) >= 11 is 0. The molecule has 0 radical (unpaired) electrons. The Kier molecular flexibility index (Phi) is 9.31. The van der Waals surface area contributed by atoms with Gasteiger partial charge >= 0.3 is 8.24 Å². The van der Waals surface area contributed by atoms with E-state index in [1.165, 1.54) is 11.1 Å². The Morgan fingerprint density at radius 1 is 0.692 bits per heavy atom. The molecule has 0 N–H and O–H groups in total. The second kappa shape index (κ2) is 13.0. The van der Waals surface area contributed by atoms with Crippen LogP contribution in [0.4, 0.5) is 0 Å². The van der Waals surface area contributed by atoms with Crippen LogP contribution in [-0.4, -0.2) is 43.1 Å². The Morgan fingerprint density at radius 2 is 1.23 bits per heavy atom. The molecule has 8 nitrogen and oxygen atoms in total. The van der Waals surface area contributed by atoms with Crippen molar-refractivity contribution in [1.29, 1.82) is 0 Å². The van der Waals surface area contributed by atoms with Gasteiger partial charge in [-0.2, -0.15) is 0 Å². The number of ether oxygens (including phenoxy) is 4. The van der Waals surface area contributed by atoms with Crippen LogP contribution in [0, 0.1) is 0 Å². The molecule has 6 atom stereocenters. The second-order valence-corrected chi connectivity index (χ2v) is 19.8. The molecule has 1 aromatic heterocycles. The van der Waals surface area contributed by atoms with Crippen molar-refractivity contribution in [1.82, 2.24) is 0 Å². The highest BCUT2D eigenvalue weighted by Gasteiger charge is 2.54. The third kappa shape index (κ3) is 7.10. The predicted molar refractivity (Wildman–Crippen MR) is 208 cm³/mol. The average Bonchev–Trinajstić information content (AvgIpc) is 3.34. The number of hydrogen-bond acceptors (Lipinski definition) is 8. The molecule has 1 unspecified atom stereocenters. The fourth-order valence-corrected chi connectivity index (χ4v) is 8.51. The summed E-state index contributed by atoms with van der Waals surface area (Å²) in [6, 6.07) is 18.7. The van der Waals surface area contributed by atoms with Gasteiger partial charge in [-0.3, -0.25) is 4.52 Å². The van der Waals surface area contributed by atoms with Gasteiger partial charge < -0.3 is 27.3 Å². The Morgan fingerprint density at radius 3 is 1.73 bits per heavy atom. The van der Waals surface area contributed by atoms with E-state index in [0.29, 0.717) is 12.5 Å². The molecule has 0 aliphatic carbocycles. The molecule has 4 aromatic rings. The van der Waals surface area contributed by atoms with E-state index in [4.69, 9.17) is 36.9 Å². The van der Waals surface area contributed by atoms with Crippen LogP contribution in [0.15, 0.2) is 68.0 Å². The number of hydrogen-bond donors (Lipinski definition) is 0. The molecule has 52 heavy (non-hydrogen) atoms. The van der Waals surface area contributed by atoms with Crippen LogP contribution >= 0.6 is 8.24 Å². The van der Waals surface area contributed by atoms with Crippen molar-refractivity contribution in [3.05, 3.63) is 82.4 Å². The maximum absolute atomic E-state index is 7.15. The Balaban J connectivity index is 1.50. The first kappa shape index (κ1) is 37.2. The minimum Gasteiger partial charge on any atom is -0.450 e. The molecule has 9 heteroatoms. The molecule has 0 spiro atoms. The van der Waals surface area contributed by atoms with Crippen LogP contribution in [0.1, 0.15) is 124 Å². The fraction of sp³-hybridized carbons (Fsp3) is 0.558. The summed E-state index contributed by atoms with van der Waals surface area (Å²) in [5.74, 6) is 0.545. The van der Waals surface area contributed by atoms with Crippen LogP contribution in [0.3, 0.4) is 0 Å². The lowest BCUT2D eigenvalue weighted by molar-refractivity contribution is -0.324. The molecule has 7 rings (SSSR count). The zero-order chi connectivity index (χ0) is 37.5. The highest BCUT2D eigenvalue weighted by atomic mass is 31.1. The summed E-state index contributed by atoms with van der Waals surface area (Å²) in [5.41, 5.74) is 6.50. The highest BCUT2D eigenvalue weighted by molar-refractivity contribution is 7.31. The van der Waals surface area contributed by atoms with Crippen molar-refractivity contribution in [3.63, 3.8) is 0 Å². The van der Waals surface area contributed by atoms with Crippen molar-refractivity contribution in [2.75, 3.05) is 6.61 Å². The van der Waals surface area contributed by atoms with E-state index in [0.717, 1.165) is 38.6 Å². The largest absolute Gasteiger partial charge is 0.450 e. The number of aliphatic imine (C=N–C) groups is 1. The lowest BCUT2D eigenvalue weighted by atomic mass is 9.77. The van der Waals surface area contributed by atoms with Crippen molar-refractivity contribution in [2.45, 2.75) is 149 Å². The maximum Gasteiger partial charge on any atom is 0.387 e. The average molecular weight is 730 g/mol. The molecule has 3 aromatic carbocycles. The van der Waals surface area contributed by atoms with Gasteiger partial charge in [-0.15, -0.1) is 0 Å². The SMILES string of the molecule is CC1=N[C@H]2[C@@H](O1)O[C@@H]1COC(c3ccccc3)O[C@H]1[C@@H]2Op1oc2c(C(C)(C)C)cc(C(C)(C)C)cc2c2cc(C(C)(C)C)cc(C(C)(C)C)c2o1. The van der Waals surface area contributed by atoms with Crippen LogP contribution in [0.5, 0.6) is 0 Å². The Hall–Kier alpha value is -3.13. The normalized spacial score (nSPS) is 25.4. The maximum atomic E-state index is 7.15. The van der Waals surface area contributed by atoms with E-state index < -0.39 is 45.2 Å². The van der Waals surface area contributed by atoms with Gasteiger partial charge in [0.15, 0.2) is 12.2 Å². The number of rotatable bonds is 3. The van der Waals surface area contributed by atoms with Gasteiger partial charge in [-0.25, -0.2) is 4.99 Å². The van der Waals surface area contributed by atoms with Crippen LogP contribution < -0.4 is 4.52 Å². The second-order valence-electron chi connectivity index (χ2n) is 18.8. The third-order valence-electron chi connectivity index (χ3n) is 10.4. The first-order chi connectivity index (χ1) is 24.2. The zero-order valence-corrected chi connectivity index (χ0v) is 34.0. The predicted octanol–water partition coefficient (Wildman–Crippen LogP) is 10.9. The van der Waals surface area contributed by atoms with Gasteiger partial charge in [0.2, 0.25) is 6.29 Å². The molecule has 2 saturated heterocycles. The molecule has 3 aliphatic heterocycles. The molecule has 4 heterocycles. The summed E-state index contributed by atoms with van der Waals surface area (Å²) < 4.78 is 46.8. The van der Waals surface area contributed by atoms with E-state index in [9.17, 15) is 0 Å². The summed E-state index contributed by atoms with van der Waals surface area (Å²) in [7, 11) is -2.04. The van der Waals surface area contributed by atoms with Crippen LogP contribution in [0.25, 0.3) is 21.9 Å². The molecule has 280 valence electrons. The van der Waals surface area contributed by atoms with Crippen LogP contribution in [0.2, 0.25) is 0 Å². The standard InChI is InChI=1S/C43H56NO7P/c1-24-44-33-37(36-32(47-39(33)46-24)23-45-38(48-36)25-17-15-14-16-18-25)51-52-49-34-28(19-26(40(2,3)4)21-30(34)42(8,9)10)29-20-27(41(5,6)7)22-31(35(29)50-52)43(11,12)13/h14-22,32-33,36-39H,23H2,1-13H3/t32-,33-,36-,37-,38?,39+/m1/s1. The number of benzene rings is 3. The summed E-state index contributed by atoms with van der Waals surface area (Å²) in [4.78, 5) is 4.87. The first-order valence-electron chi connectivity index (χ1n) is 18.6. The van der Waals surface area contributed by atoms with E-state index >= 15 is 0 Å². The van der Waals surface area contributed by atoms with E-state index in [2.05, 4.69) is 107 Å². The van der Waals surface area contributed by atoms with E-state index in [1.54, 1.807) is 0 Å². The molecule has 0 bridgehead atoms. The van der Waals surface area contributed by atoms with Crippen molar-refractivity contribution in [2.24, 2.45) is 4.99 Å². The van der Waals surface area contributed by atoms with Gasteiger partial charge in [-0.1, -0.05) is 126 Å². The van der Waals surface area contributed by atoms with Gasteiger partial charge in [-0.05, 0) is 44.9 Å². The zero-order valence-electron chi connectivity index (χ0n) is 33.1. The van der Waals surface area contributed by atoms with Gasteiger partial charge in [0.05, 0.1) is 6.61 Å². The minimum atomic E-state index is -2.04. The Labute approximate surface area is 309 Å². The summed E-state index contributed by atoms with van der Waals surface area (Å²) in [5, 5.41) is 2.04. The smallest absolute Gasteiger partial charge is 0.387 e. The molecular formula is C43H56NO7P. The monoisotopic (exact) mass is 729 g/mol. The first-order valence-corrected chi connectivity index (χ1v) is 19.7. The van der Waals surface area contributed by atoms with Crippen molar-refractivity contribution in [3.8, 4) is 0 Å². The van der Waals surface area contributed by atoms with Crippen molar-refractivity contribution >= 4 is 36.1 Å². The fourth-order valence-electron chi connectivity index (χ4n) is 7.25. The van der Waals surface area contributed by atoms with Gasteiger partial charge in [0.1, 0.15) is 35.5 Å². The number of fused-ring (bicyclic) bond motifs is 5. The lowest BCUT2D eigenvalue weighted by Gasteiger charge is -2.45. The molecule has 2 fully saturated rings. The topological polar surface area (TPSA) is 84.8 Å². The lowest BCUT2D eigenvalue weighted by Crippen LogP contribution is -2.62. The summed E-state index contributed by atoms with van der Waals surface area (Å²) in [6.45, 7) is 29.2. The van der Waals surface area contributed by atoms with Gasteiger partial charge in [0, 0.05) is 34.4 Å². The molecule has 0 amide bonds. The number of nitrogens with zero attached hydrogens (tertiary/aromatic N) is 1.